The lowest BCUT2D eigenvalue weighted by Gasteiger charge is -2.38. The fourth-order valence-electron chi connectivity index (χ4n) is 2.76. The average Bonchev–Trinajstić information content (AvgIpc) is 2.51. The second-order valence-electron chi connectivity index (χ2n) is 5.23. The molecule has 0 saturated heterocycles. The van der Waals surface area contributed by atoms with Gasteiger partial charge in [0.2, 0.25) is 0 Å². The Balaban J connectivity index is 2.12. The SMILES string of the molecule is CCCN1C(=O)c2ccccc2N[C@H]1c1c(F)cccc1Cl. The first-order valence-corrected chi connectivity index (χ1v) is 7.61. The number of nitrogens with zero attached hydrogens (tertiary/aromatic N) is 1. The second kappa shape index (κ2) is 5.97. The van der Waals surface area contributed by atoms with Crippen molar-refractivity contribution >= 4 is 23.2 Å². The predicted octanol–water partition coefficient (Wildman–Crippen LogP) is 4.46. The van der Waals surface area contributed by atoms with Crippen molar-refractivity contribution < 1.29 is 9.18 Å². The largest absolute Gasteiger partial charge is 0.361 e. The molecule has 3 nitrogen and oxygen atoms in total. The monoisotopic (exact) mass is 318 g/mol. The van der Waals surface area contributed by atoms with Gasteiger partial charge in [0, 0.05) is 17.8 Å². The van der Waals surface area contributed by atoms with Crippen LogP contribution in [0.25, 0.3) is 0 Å². The van der Waals surface area contributed by atoms with Crippen molar-refractivity contribution in [1.82, 2.24) is 4.90 Å². The average molecular weight is 319 g/mol. The molecule has 0 bridgehead atoms. The van der Waals surface area contributed by atoms with E-state index in [2.05, 4.69) is 5.32 Å². The molecule has 22 heavy (non-hydrogen) atoms. The van der Waals surface area contributed by atoms with E-state index in [9.17, 15) is 9.18 Å². The van der Waals surface area contributed by atoms with Gasteiger partial charge in [0.25, 0.3) is 5.91 Å². The lowest BCUT2D eigenvalue weighted by atomic mass is 10.0. The van der Waals surface area contributed by atoms with Gasteiger partial charge in [-0.05, 0) is 30.7 Å². The van der Waals surface area contributed by atoms with Crippen LogP contribution in [0.3, 0.4) is 0 Å². The number of nitrogens with one attached hydrogen (secondary N) is 1. The highest BCUT2D eigenvalue weighted by Crippen LogP contribution is 2.36. The van der Waals surface area contributed by atoms with Crippen LogP contribution < -0.4 is 5.32 Å². The standard InChI is InChI=1S/C17H16ClFN2O/c1-2-10-21-16(15-12(18)7-5-8-13(15)19)20-14-9-4-3-6-11(14)17(21)22/h3-9,16,20H,2,10H2,1H3/t16-/m1/s1. The fraction of sp³-hybridized carbons (Fsp3) is 0.235. The molecular formula is C17H16ClFN2O. The first kappa shape index (κ1) is 14.9. The van der Waals surface area contributed by atoms with Gasteiger partial charge in [0.05, 0.1) is 10.6 Å². The minimum atomic E-state index is -0.601. The van der Waals surface area contributed by atoms with E-state index in [-0.39, 0.29) is 5.91 Å². The minimum Gasteiger partial charge on any atom is -0.361 e. The van der Waals surface area contributed by atoms with Gasteiger partial charge in [0.15, 0.2) is 0 Å². The number of fused-ring (bicyclic) bond motifs is 1. The van der Waals surface area contributed by atoms with E-state index < -0.39 is 12.0 Å². The zero-order valence-electron chi connectivity index (χ0n) is 12.1. The number of halogens is 2. The molecule has 0 aromatic heterocycles. The van der Waals surface area contributed by atoms with Crippen molar-refractivity contribution in [2.75, 3.05) is 11.9 Å². The third kappa shape index (κ3) is 2.44. The van der Waals surface area contributed by atoms with Gasteiger partial charge in [-0.25, -0.2) is 4.39 Å². The van der Waals surface area contributed by atoms with E-state index >= 15 is 0 Å². The van der Waals surface area contributed by atoms with Gasteiger partial charge in [-0.15, -0.1) is 0 Å². The van der Waals surface area contributed by atoms with Gasteiger partial charge in [-0.3, -0.25) is 4.79 Å². The highest BCUT2D eigenvalue weighted by Gasteiger charge is 2.34. The molecule has 0 saturated carbocycles. The van der Waals surface area contributed by atoms with Crippen molar-refractivity contribution in [3.63, 3.8) is 0 Å². The third-order valence-electron chi connectivity index (χ3n) is 3.76. The van der Waals surface area contributed by atoms with Crippen LogP contribution in [0.2, 0.25) is 5.02 Å². The molecule has 0 fully saturated rings. The summed E-state index contributed by atoms with van der Waals surface area (Å²) >= 11 is 6.19. The lowest BCUT2D eigenvalue weighted by Crippen LogP contribution is -2.43. The minimum absolute atomic E-state index is 0.111. The molecule has 1 N–H and O–H groups in total. The van der Waals surface area contributed by atoms with Crippen LogP contribution in [0.15, 0.2) is 42.5 Å². The Kier molecular flexibility index (Phi) is 4.03. The molecule has 114 valence electrons. The maximum absolute atomic E-state index is 14.3. The summed E-state index contributed by atoms with van der Waals surface area (Å²) in [5.41, 5.74) is 1.60. The molecule has 1 amide bonds. The Morgan fingerprint density at radius 1 is 1.23 bits per heavy atom. The molecule has 1 aliphatic heterocycles. The highest BCUT2D eigenvalue weighted by atomic mass is 35.5. The van der Waals surface area contributed by atoms with Crippen molar-refractivity contribution in [3.8, 4) is 0 Å². The summed E-state index contributed by atoms with van der Waals surface area (Å²) in [6.45, 7) is 2.50. The Hall–Kier alpha value is -2.07. The quantitative estimate of drug-likeness (QED) is 0.906. The third-order valence-corrected chi connectivity index (χ3v) is 4.09. The molecule has 2 aromatic carbocycles. The summed E-state index contributed by atoms with van der Waals surface area (Å²) < 4.78 is 14.3. The zero-order valence-corrected chi connectivity index (χ0v) is 12.9. The molecule has 3 rings (SSSR count). The van der Waals surface area contributed by atoms with Crippen LogP contribution in [0.4, 0.5) is 10.1 Å². The molecule has 5 heteroatoms. The molecule has 1 heterocycles. The summed E-state index contributed by atoms with van der Waals surface area (Å²) in [6.07, 6.45) is 0.175. The molecule has 0 radical (unpaired) electrons. The number of carbonyl (C=O) groups is 1. The Labute approximate surface area is 133 Å². The van der Waals surface area contributed by atoms with E-state index in [1.807, 2.05) is 25.1 Å². The van der Waals surface area contributed by atoms with Gasteiger partial charge >= 0.3 is 0 Å². The Bertz CT molecular complexity index is 699. The Morgan fingerprint density at radius 2 is 2.00 bits per heavy atom. The molecule has 0 aliphatic carbocycles. The molecular weight excluding hydrogens is 303 g/mol. The lowest BCUT2D eigenvalue weighted by molar-refractivity contribution is 0.0680. The van der Waals surface area contributed by atoms with Crippen LogP contribution in [-0.2, 0) is 0 Å². The van der Waals surface area contributed by atoms with Gasteiger partial charge < -0.3 is 10.2 Å². The number of carbonyl (C=O) groups excluding carboxylic acids is 1. The second-order valence-corrected chi connectivity index (χ2v) is 5.63. The summed E-state index contributed by atoms with van der Waals surface area (Å²) in [5, 5.41) is 3.55. The van der Waals surface area contributed by atoms with Crippen molar-refractivity contribution in [1.29, 1.82) is 0 Å². The topological polar surface area (TPSA) is 32.3 Å². The van der Waals surface area contributed by atoms with E-state index in [1.54, 1.807) is 23.1 Å². The number of para-hydroxylation sites is 1. The van der Waals surface area contributed by atoms with Gasteiger partial charge in [0.1, 0.15) is 12.0 Å². The van der Waals surface area contributed by atoms with E-state index in [1.165, 1.54) is 6.07 Å². The highest BCUT2D eigenvalue weighted by molar-refractivity contribution is 6.31. The predicted molar refractivity (Wildman–Crippen MR) is 85.5 cm³/mol. The van der Waals surface area contributed by atoms with Crippen LogP contribution in [0.1, 0.15) is 35.4 Å². The number of benzene rings is 2. The fourth-order valence-corrected chi connectivity index (χ4v) is 3.03. The Morgan fingerprint density at radius 3 is 2.73 bits per heavy atom. The molecule has 0 spiro atoms. The van der Waals surface area contributed by atoms with E-state index in [0.717, 1.165) is 6.42 Å². The normalized spacial score (nSPS) is 17.1. The summed E-state index contributed by atoms with van der Waals surface area (Å²) in [4.78, 5) is 14.4. The number of rotatable bonds is 3. The van der Waals surface area contributed by atoms with Crippen molar-refractivity contribution in [3.05, 3.63) is 64.4 Å². The molecule has 0 unspecified atom stereocenters. The van der Waals surface area contributed by atoms with Crippen LogP contribution in [0.5, 0.6) is 0 Å². The number of hydrogen-bond donors (Lipinski definition) is 1. The number of anilines is 1. The van der Waals surface area contributed by atoms with Crippen LogP contribution >= 0.6 is 11.6 Å². The maximum Gasteiger partial charge on any atom is 0.257 e. The maximum atomic E-state index is 14.3. The van der Waals surface area contributed by atoms with Crippen molar-refractivity contribution in [2.24, 2.45) is 0 Å². The summed E-state index contributed by atoms with van der Waals surface area (Å²) in [6, 6.07) is 11.8. The summed E-state index contributed by atoms with van der Waals surface area (Å²) in [5.74, 6) is -0.529. The first-order valence-electron chi connectivity index (χ1n) is 7.24. The molecule has 1 aliphatic rings. The number of amides is 1. The number of hydrogen-bond acceptors (Lipinski definition) is 2. The smallest absolute Gasteiger partial charge is 0.257 e. The van der Waals surface area contributed by atoms with Crippen LogP contribution in [0, 0.1) is 5.82 Å². The molecule has 2 aromatic rings. The zero-order chi connectivity index (χ0) is 15.7. The molecule has 1 atom stereocenters. The van der Waals surface area contributed by atoms with Gasteiger partial charge in [-0.1, -0.05) is 36.7 Å². The van der Waals surface area contributed by atoms with Crippen molar-refractivity contribution in [2.45, 2.75) is 19.5 Å². The summed E-state index contributed by atoms with van der Waals surface area (Å²) in [7, 11) is 0. The van der Waals surface area contributed by atoms with E-state index in [0.29, 0.717) is 28.4 Å². The first-order chi connectivity index (χ1) is 10.6. The van der Waals surface area contributed by atoms with Crippen LogP contribution in [-0.4, -0.2) is 17.4 Å². The van der Waals surface area contributed by atoms with Gasteiger partial charge in [-0.2, -0.15) is 0 Å². The van der Waals surface area contributed by atoms with E-state index in [4.69, 9.17) is 11.6 Å².